The van der Waals surface area contributed by atoms with E-state index in [-0.39, 0.29) is 35.6 Å². The van der Waals surface area contributed by atoms with Gasteiger partial charge in [-0.15, -0.1) is 0 Å². The molecular formula is C28H49N3O6. The molecule has 1 rings (SSSR count). The quantitative estimate of drug-likeness (QED) is 0.231. The van der Waals surface area contributed by atoms with Crippen molar-refractivity contribution in [1.29, 1.82) is 0 Å². The van der Waals surface area contributed by atoms with Crippen molar-refractivity contribution in [3.05, 3.63) is 29.8 Å². The molecule has 4 atom stereocenters. The molecule has 0 bridgehead atoms. The van der Waals surface area contributed by atoms with E-state index in [9.17, 15) is 14.7 Å². The second kappa shape index (κ2) is 16.6. The number of carbonyl (C=O) groups excluding carboxylic acids is 2. The number of aliphatic hydroxyl groups excluding tert-OH is 1. The summed E-state index contributed by atoms with van der Waals surface area (Å²) in [7, 11) is 3.16. The fourth-order valence-electron chi connectivity index (χ4n) is 4.03. The zero-order valence-corrected chi connectivity index (χ0v) is 23.7. The van der Waals surface area contributed by atoms with Gasteiger partial charge in [0.25, 0.3) is 5.91 Å². The highest BCUT2D eigenvalue weighted by atomic mass is 16.5. The van der Waals surface area contributed by atoms with Crippen LogP contribution in [0.3, 0.4) is 0 Å². The molecule has 0 aliphatic rings. The Morgan fingerprint density at radius 3 is 2.27 bits per heavy atom. The van der Waals surface area contributed by atoms with E-state index in [0.717, 1.165) is 12.8 Å². The zero-order chi connectivity index (χ0) is 28.0. The number of hydrogen-bond donors (Lipinski definition) is 4. The number of methoxy groups -OCH3 is 2. The zero-order valence-electron chi connectivity index (χ0n) is 23.7. The summed E-state index contributed by atoms with van der Waals surface area (Å²) in [6.07, 6.45) is 0.652. The molecule has 0 heterocycles. The Bertz CT molecular complexity index is 811. The summed E-state index contributed by atoms with van der Waals surface area (Å²) in [5.74, 6) is 0.304. The SMILES string of the molecule is COCCCCOc1ccccc1C(=O)NCC(CC(N)C(O)CNC(=O)[C@H](OC)C(C)(C)C)C(C)C. The van der Waals surface area contributed by atoms with Crippen LogP contribution < -0.4 is 21.1 Å². The van der Waals surface area contributed by atoms with Crippen LogP contribution in [0, 0.1) is 17.3 Å². The first-order valence-corrected chi connectivity index (χ1v) is 13.1. The Morgan fingerprint density at radius 2 is 1.68 bits per heavy atom. The minimum absolute atomic E-state index is 0.0300. The van der Waals surface area contributed by atoms with Gasteiger partial charge in [-0.1, -0.05) is 46.8 Å². The minimum atomic E-state index is -0.925. The van der Waals surface area contributed by atoms with Gasteiger partial charge in [0.15, 0.2) is 0 Å². The number of benzene rings is 1. The summed E-state index contributed by atoms with van der Waals surface area (Å²) in [5, 5.41) is 16.3. The van der Waals surface area contributed by atoms with E-state index in [4.69, 9.17) is 19.9 Å². The van der Waals surface area contributed by atoms with Gasteiger partial charge in [-0.2, -0.15) is 0 Å². The van der Waals surface area contributed by atoms with E-state index in [1.807, 2.05) is 26.8 Å². The Kier molecular flexibility index (Phi) is 14.7. The number of amides is 2. The normalized spacial score (nSPS) is 15.1. The molecule has 5 N–H and O–H groups in total. The first-order valence-electron chi connectivity index (χ1n) is 13.1. The predicted molar refractivity (Wildman–Crippen MR) is 146 cm³/mol. The summed E-state index contributed by atoms with van der Waals surface area (Å²) in [4.78, 5) is 25.4. The largest absolute Gasteiger partial charge is 0.493 e. The van der Waals surface area contributed by atoms with Crippen LogP contribution in [0.2, 0.25) is 0 Å². The lowest BCUT2D eigenvalue weighted by molar-refractivity contribution is -0.137. The van der Waals surface area contributed by atoms with Gasteiger partial charge in [0.1, 0.15) is 11.9 Å². The Labute approximate surface area is 222 Å². The maximum absolute atomic E-state index is 12.9. The van der Waals surface area contributed by atoms with Gasteiger partial charge < -0.3 is 35.7 Å². The number of nitrogens with one attached hydrogen (secondary N) is 2. The maximum atomic E-state index is 12.9. The average molecular weight is 524 g/mol. The van der Waals surface area contributed by atoms with Crippen molar-refractivity contribution in [3.8, 4) is 5.75 Å². The molecule has 0 aliphatic carbocycles. The van der Waals surface area contributed by atoms with E-state index < -0.39 is 18.2 Å². The number of carbonyl (C=O) groups is 2. The van der Waals surface area contributed by atoms with Crippen molar-refractivity contribution in [2.45, 2.75) is 72.1 Å². The standard InChI is InChI=1S/C28H49N3O6/c1-19(2)20(16-22(29)23(32)18-31-27(34)25(36-7)28(3,4)5)17-30-26(33)21-12-8-9-13-24(21)37-15-11-10-14-35-6/h8-9,12-13,19-20,22-23,25,32H,10-11,14-18,29H2,1-7H3,(H,30,33)(H,31,34)/t20?,22?,23?,25-/m0/s1. The lowest BCUT2D eigenvalue weighted by Crippen LogP contribution is -2.50. The van der Waals surface area contributed by atoms with Crippen LogP contribution in [-0.4, -0.2) is 75.7 Å². The highest BCUT2D eigenvalue weighted by Crippen LogP contribution is 2.22. The third-order valence-electron chi connectivity index (χ3n) is 6.41. The summed E-state index contributed by atoms with van der Waals surface area (Å²) in [6.45, 7) is 11.5. The van der Waals surface area contributed by atoms with Crippen molar-refractivity contribution in [2.75, 3.05) is 40.5 Å². The smallest absolute Gasteiger partial charge is 0.255 e. The molecule has 0 radical (unpaired) electrons. The molecule has 3 unspecified atom stereocenters. The number of ether oxygens (including phenoxy) is 3. The molecule has 1 aromatic rings. The van der Waals surface area contributed by atoms with Crippen molar-refractivity contribution in [1.82, 2.24) is 10.6 Å². The number of hydrogen-bond acceptors (Lipinski definition) is 7. The predicted octanol–water partition coefficient (Wildman–Crippen LogP) is 2.75. The molecule has 0 fully saturated rings. The molecule has 0 spiro atoms. The summed E-state index contributed by atoms with van der Waals surface area (Å²) in [6, 6.07) is 6.62. The topological polar surface area (TPSA) is 132 Å². The van der Waals surface area contributed by atoms with Crippen molar-refractivity contribution >= 4 is 11.8 Å². The van der Waals surface area contributed by atoms with Crippen molar-refractivity contribution < 1.29 is 28.9 Å². The fraction of sp³-hybridized carbons (Fsp3) is 0.714. The second-order valence-electron chi connectivity index (χ2n) is 11.0. The van der Waals surface area contributed by atoms with Crippen molar-refractivity contribution in [3.63, 3.8) is 0 Å². The van der Waals surface area contributed by atoms with Crippen molar-refractivity contribution in [2.24, 2.45) is 23.0 Å². The van der Waals surface area contributed by atoms with E-state index >= 15 is 0 Å². The van der Waals surface area contributed by atoms with Gasteiger partial charge in [-0.3, -0.25) is 9.59 Å². The molecular weight excluding hydrogens is 474 g/mol. The molecule has 37 heavy (non-hydrogen) atoms. The third kappa shape index (κ3) is 11.8. The first kappa shape index (κ1) is 32.8. The monoisotopic (exact) mass is 523 g/mol. The average Bonchev–Trinajstić information content (AvgIpc) is 2.84. The number of rotatable bonds is 17. The summed E-state index contributed by atoms with van der Waals surface area (Å²) < 4.78 is 16.2. The lowest BCUT2D eigenvalue weighted by atomic mass is 9.87. The van der Waals surface area contributed by atoms with Crippen LogP contribution in [0.4, 0.5) is 0 Å². The molecule has 212 valence electrons. The highest BCUT2D eigenvalue weighted by Gasteiger charge is 2.32. The second-order valence-corrected chi connectivity index (χ2v) is 11.0. The summed E-state index contributed by atoms with van der Waals surface area (Å²) in [5.41, 5.74) is 6.40. The molecule has 9 heteroatoms. The van der Waals surface area contributed by atoms with E-state index in [1.54, 1.807) is 25.3 Å². The van der Waals surface area contributed by atoms with Crippen LogP contribution in [0.1, 0.15) is 64.2 Å². The number of unbranched alkanes of at least 4 members (excludes halogenated alkanes) is 1. The molecule has 0 saturated carbocycles. The Hall–Kier alpha value is -2.20. The maximum Gasteiger partial charge on any atom is 0.255 e. The number of nitrogens with two attached hydrogens (primary N) is 1. The van der Waals surface area contributed by atoms with E-state index in [0.29, 0.717) is 37.5 Å². The third-order valence-corrected chi connectivity index (χ3v) is 6.41. The first-order chi connectivity index (χ1) is 17.4. The van der Waals surface area contributed by atoms with Gasteiger partial charge in [-0.05, 0) is 48.6 Å². The molecule has 0 aliphatic heterocycles. The van der Waals surface area contributed by atoms with Gasteiger partial charge >= 0.3 is 0 Å². The van der Waals surface area contributed by atoms with Crippen LogP contribution in [0.5, 0.6) is 5.75 Å². The van der Waals surface area contributed by atoms with Gasteiger partial charge in [0.2, 0.25) is 5.91 Å². The molecule has 9 nitrogen and oxygen atoms in total. The minimum Gasteiger partial charge on any atom is -0.493 e. The van der Waals surface area contributed by atoms with Crippen LogP contribution >= 0.6 is 0 Å². The van der Waals surface area contributed by atoms with E-state index in [2.05, 4.69) is 24.5 Å². The summed E-state index contributed by atoms with van der Waals surface area (Å²) >= 11 is 0. The fourth-order valence-corrected chi connectivity index (χ4v) is 4.03. The Balaban J connectivity index is 2.64. The molecule has 0 saturated heterocycles. The Morgan fingerprint density at radius 1 is 1.03 bits per heavy atom. The lowest BCUT2D eigenvalue weighted by Gasteiger charge is -2.30. The van der Waals surface area contributed by atoms with Crippen LogP contribution in [-0.2, 0) is 14.3 Å². The molecule has 0 aromatic heterocycles. The number of aliphatic hydroxyl groups is 1. The number of para-hydroxylation sites is 1. The van der Waals surface area contributed by atoms with Gasteiger partial charge in [0.05, 0.1) is 18.3 Å². The van der Waals surface area contributed by atoms with Crippen LogP contribution in [0.25, 0.3) is 0 Å². The van der Waals surface area contributed by atoms with Gasteiger partial charge in [0, 0.05) is 40.0 Å². The van der Waals surface area contributed by atoms with Crippen LogP contribution in [0.15, 0.2) is 24.3 Å². The van der Waals surface area contributed by atoms with E-state index in [1.165, 1.54) is 7.11 Å². The molecule has 1 aromatic carbocycles. The highest BCUT2D eigenvalue weighted by molar-refractivity contribution is 5.96. The molecule has 2 amide bonds. The van der Waals surface area contributed by atoms with Gasteiger partial charge in [-0.25, -0.2) is 0 Å².